The van der Waals surface area contributed by atoms with Crippen molar-refractivity contribution in [1.29, 1.82) is 0 Å². The molecule has 1 heterocycles. The van der Waals surface area contributed by atoms with Crippen LogP contribution >= 0.6 is 0 Å². The van der Waals surface area contributed by atoms with Gasteiger partial charge in [-0.1, -0.05) is 123 Å². The van der Waals surface area contributed by atoms with Crippen LogP contribution in [0.5, 0.6) is 0 Å². The van der Waals surface area contributed by atoms with Gasteiger partial charge in [-0.05, 0) is 119 Å². The molecular formula is C45H42N2. The van der Waals surface area contributed by atoms with Crippen LogP contribution in [0.25, 0.3) is 44.5 Å². The molecule has 0 radical (unpaired) electrons. The smallest absolute Gasteiger partial charge is 0.133 e. The molecule has 1 aliphatic heterocycles. The number of aryl methyl sites for hydroxylation is 2. The molecular weight excluding hydrogens is 569 g/mol. The molecule has 232 valence electrons. The van der Waals surface area contributed by atoms with Crippen molar-refractivity contribution in [3.05, 3.63) is 162 Å². The number of nitrogens with zero attached hydrogens (tertiary/aromatic N) is 1. The summed E-state index contributed by atoms with van der Waals surface area (Å²) < 4.78 is 0. The fourth-order valence-electron chi connectivity index (χ4n) is 6.77. The summed E-state index contributed by atoms with van der Waals surface area (Å²) in [6.45, 7) is 13.4. The van der Waals surface area contributed by atoms with E-state index in [1.54, 1.807) is 0 Å². The van der Waals surface area contributed by atoms with Crippen molar-refractivity contribution in [3.63, 3.8) is 0 Å². The molecule has 7 rings (SSSR count). The normalized spacial score (nSPS) is 14.6. The molecule has 0 bridgehead atoms. The Morgan fingerprint density at radius 2 is 0.894 bits per heavy atom. The summed E-state index contributed by atoms with van der Waals surface area (Å²) in [6, 6.07) is 50.6. The number of nitrogens with one attached hydrogen (secondary N) is 1. The number of benzene rings is 6. The second kappa shape index (κ2) is 11.9. The molecule has 0 amide bonds. The van der Waals surface area contributed by atoms with Gasteiger partial charge in [0, 0.05) is 16.7 Å². The van der Waals surface area contributed by atoms with Crippen molar-refractivity contribution in [2.75, 3.05) is 5.32 Å². The van der Waals surface area contributed by atoms with Crippen LogP contribution in [0.1, 0.15) is 49.9 Å². The Morgan fingerprint density at radius 3 is 1.47 bits per heavy atom. The van der Waals surface area contributed by atoms with Crippen molar-refractivity contribution in [2.24, 2.45) is 4.99 Å². The lowest BCUT2D eigenvalue weighted by atomic mass is 9.66. The standard InChI is InChI=1S/C45H42N2/c1-30-15-13-16-31(2)42(30)46-43-40-29-36(23-24-41(40)44(3,4)45(5,6)47-43)34-21-14-22-35(25-34)39-27-37(32-17-9-7-10-18-32)26-38(28-39)33-19-11-8-12-20-33/h7-29H,1-6H3,(H,46,47). The van der Waals surface area contributed by atoms with Crippen LogP contribution < -0.4 is 5.32 Å². The number of aliphatic imine (C=N–C) groups is 1. The topological polar surface area (TPSA) is 24.4 Å². The molecule has 6 aromatic rings. The zero-order valence-electron chi connectivity index (χ0n) is 28.2. The first-order valence-electron chi connectivity index (χ1n) is 16.6. The van der Waals surface area contributed by atoms with E-state index in [1.807, 2.05) is 0 Å². The van der Waals surface area contributed by atoms with Gasteiger partial charge in [0.2, 0.25) is 0 Å². The van der Waals surface area contributed by atoms with E-state index >= 15 is 0 Å². The van der Waals surface area contributed by atoms with Gasteiger partial charge in [-0.15, -0.1) is 0 Å². The number of anilines is 1. The molecule has 2 heteroatoms. The maximum absolute atomic E-state index is 5.37. The Morgan fingerprint density at radius 1 is 0.447 bits per heavy atom. The summed E-state index contributed by atoms with van der Waals surface area (Å²) >= 11 is 0. The van der Waals surface area contributed by atoms with Crippen LogP contribution in [0.2, 0.25) is 0 Å². The fourth-order valence-corrected chi connectivity index (χ4v) is 6.77. The van der Waals surface area contributed by atoms with E-state index in [1.165, 1.54) is 61.2 Å². The molecule has 0 aromatic heterocycles. The number of amidine groups is 1. The highest BCUT2D eigenvalue weighted by atomic mass is 15.1. The molecule has 47 heavy (non-hydrogen) atoms. The molecule has 0 aliphatic carbocycles. The van der Waals surface area contributed by atoms with E-state index in [0.29, 0.717) is 0 Å². The Labute approximate surface area is 279 Å². The van der Waals surface area contributed by atoms with Crippen molar-refractivity contribution in [2.45, 2.75) is 52.5 Å². The predicted molar refractivity (Wildman–Crippen MR) is 201 cm³/mol. The Bertz CT molecular complexity index is 2040. The molecule has 0 atom stereocenters. The third-order valence-corrected chi connectivity index (χ3v) is 10.3. The third-order valence-electron chi connectivity index (χ3n) is 10.3. The van der Waals surface area contributed by atoms with Gasteiger partial charge >= 0.3 is 0 Å². The minimum atomic E-state index is -0.277. The van der Waals surface area contributed by atoms with E-state index in [0.717, 1.165) is 17.1 Å². The Hall–Kier alpha value is -5.21. The van der Waals surface area contributed by atoms with Gasteiger partial charge in [-0.3, -0.25) is 4.99 Å². The number of rotatable bonds is 5. The first-order valence-corrected chi connectivity index (χ1v) is 16.6. The second-order valence-electron chi connectivity index (χ2n) is 13.9. The highest BCUT2D eigenvalue weighted by molar-refractivity contribution is 6.11. The van der Waals surface area contributed by atoms with Gasteiger partial charge < -0.3 is 5.32 Å². The maximum atomic E-state index is 5.37. The second-order valence-corrected chi connectivity index (χ2v) is 13.9. The predicted octanol–water partition coefficient (Wildman–Crippen LogP) is 11.9. The first-order chi connectivity index (χ1) is 22.6. The molecule has 1 aliphatic rings. The highest BCUT2D eigenvalue weighted by Gasteiger charge is 2.44. The number of hydrogen-bond acceptors (Lipinski definition) is 2. The summed E-state index contributed by atoms with van der Waals surface area (Å²) in [5.41, 5.74) is 15.2. The maximum Gasteiger partial charge on any atom is 0.133 e. The number of hydrogen-bond donors (Lipinski definition) is 1. The summed E-state index contributed by atoms with van der Waals surface area (Å²) in [5.74, 6) is 0.933. The van der Waals surface area contributed by atoms with Crippen molar-refractivity contribution >= 4 is 11.5 Å². The monoisotopic (exact) mass is 610 g/mol. The van der Waals surface area contributed by atoms with E-state index in [-0.39, 0.29) is 11.0 Å². The van der Waals surface area contributed by atoms with Crippen molar-refractivity contribution in [1.82, 2.24) is 0 Å². The number of fused-ring (bicyclic) bond motifs is 1. The van der Waals surface area contributed by atoms with Gasteiger partial charge in [0.15, 0.2) is 0 Å². The Balaban J connectivity index is 1.33. The highest BCUT2D eigenvalue weighted by Crippen LogP contribution is 2.44. The fraction of sp³-hybridized carbons (Fsp3) is 0.178. The zero-order chi connectivity index (χ0) is 32.8. The van der Waals surface area contributed by atoms with Gasteiger partial charge in [0.05, 0.1) is 5.54 Å². The lowest BCUT2D eigenvalue weighted by Crippen LogP contribution is -2.47. The van der Waals surface area contributed by atoms with Crippen LogP contribution in [0.3, 0.4) is 0 Å². The number of para-hydroxylation sites is 1. The molecule has 6 aromatic carbocycles. The molecule has 1 N–H and O–H groups in total. The summed E-state index contributed by atoms with van der Waals surface area (Å²) in [6.07, 6.45) is 0. The van der Waals surface area contributed by atoms with E-state index in [9.17, 15) is 0 Å². The average molecular weight is 611 g/mol. The summed E-state index contributed by atoms with van der Waals surface area (Å²) in [4.78, 5) is 5.37. The third kappa shape index (κ3) is 5.70. The summed E-state index contributed by atoms with van der Waals surface area (Å²) in [5, 5.41) is 3.78. The first kappa shape index (κ1) is 30.4. The van der Waals surface area contributed by atoms with Gasteiger partial charge in [-0.25, -0.2) is 0 Å². The van der Waals surface area contributed by atoms with Crippen LogP contribution in [-0.2, 0) is 5.41 Å². The van der Waals surface area contributed by atoms with E-state index < -0.39 is 0 Å². The van der Waals surface area contributed by atoms with Crippen molar-refractivity contribution < 1.29 is 0 Å². The minimum Gasteiger partial charge on any atom is -0.340 e. The van der Waals surface area contributed by atoms with Crippen LogP contribution in [-0.4, -0.2) is 11.4 Å². The minimum absolute atomic E-state index is 0.139. The zero-order valence-corrected chi connectivity index (χ0v) is 28.2. The quantitative estimate of drug-likeness (QED) is 0.206. The molecule has 0 saturated heterocycles. The van der Waals surface area contributed by atoms with Crippen LogP contribution in [0, 0.1) is 13.8 Å². The molecule has 0 unspecified atom stereocenters. The van der Waals surface area contributed by atoms with Gasteiger partial charge in [-0.2, -0.15) is 0 Å². The van der Waals surface area contributed by atoms with Gasteiger partial charge in [0.25, 0.3) is 0 Å². The molecule has 0 fully saturated rings. The van der Waals surface area contributed by atoms with Crippen LogP contribution in [0.15, 0.2) is 145 Å². The lowest BCUT2D eigenvalue weighted by Gasteiger charge is -2.44. The van der Waals surface area contributed by atoms with Gasteiger partial charge in [0.1, 0.15) is 5.84 Å². The largest absolute Gasteiger partial charge is 0.340 e. The van der Waals surface area contributed by atoms with Crippen molar-refractivity contribution in [3.8, 4) is 44.5 Å². The SMILES string of the molecule is Cc1cccc(C)c1NC1=NC(C)(C)C(C)(C)c2ccc(-c3cccc(-c4cc(-c5ccccc5)cc(-c5ccccc5)c4)c3)cc21. The average Bonchev–Trinajstić information content (AvgIpc) is 3.09. The van der Waals surface area contributed by atoms with Crippen LogP contribution in [0.4, 0.5) is 5.69 Å². The van der Waals surface area contributed by atoms with E-state index in [2.05, 4.69) is 186 Å². The van der Waals surface area contributed by atoms with E-state index in [4.69, 9.17) is 4.99 Å². The summed E-state index contributed by atoms with van der Waals surface area (Å²) in [7, 11) is 0. The molecule has 2 nitrogen and oxygen atoms in total. The lowest BCUT2D eigenvalue weighted by molar-refractivity contribution is 0.303. The molecule has 0 spiro atoms. The molecule has 0 saturated carbocycles. The Kier molecular flexibility index (Phi) is 7.68.